The van der Waals surface area contributed by atoms with Crippen LogP contribution in [0.4, 0.5) is 5.69 Å². The summed E-state index contributed by atoms with van der Waals surface area (Å²) in [6.45, 7) is 6.20. The minimum atomic E-state index is -3.81. The molecule has 1 unspecified atom stereocenters. The van der Waals surface area contributed by atoms with E-state index in [9.17, 15) is 13.2 Å². The number of ether oxygens (including phenoxy) is 2. The number of halogens is 1. The van der Waals surface area contributed by atoms with Gasteiger partial charge in [0, 0.05) is 5.02 Å². The Morgan fingerprint density at radius 3 is 2.52 bits per heavy atom. The van der Waals surface area contributed by atoms with Crippen LogP contribution in [-0.2, 0) is 14.8 Å². The van der Waals surface area contributed by atoms with E-state index in [1.165, 1.54) is 13.2 Å². The van der Waals surface area contributed by atoms with Crippen LogP contribution in [0, 0.1) is 13.8 Å². The molecule has 0 spiro atoms. The largest absolute Gasteiger partial charge is 0.495 e. The molecule has 0 heterocycles. The topological polar surface area (TPSA) is 84.9 Å². The number of benzene rings is 2. The van der Waals surface area contributed by atoms with Gasteiger partial charge in [-0.1, -0.05) is 30.7 Å². The van der Waals surface area contributed by atoms with Crippen molar-refractivity contribution < 1.29 is 22.7 Å². The molecule has 0 aromatic heterocycles. The van der Waals surface area contributed by atoms with Crippen molar-refractivity contribution in [2.75, 3.05) is 30.8 Å². The molecule has 1 amide bonds. The smallest absolute Gasteiger partial charge is 0.244 e. The van der Waals surface area contributed by atoms with Crippen LogP contribution >= 0.6 is 11.6 Å². The standard InChI is InChI=1S/C22H29ClN2O5S/c1-6-18(22(26)24-12-13-30-20-9-7-8-15(2)16(20)3)25(31(5,27)28)19-14-17(23)10-11-21(19)29-4/h7-11,14,18H,6,12-13H2,1-5H3,(H,24,26). The summed E-state index contributed by atoms with van der Waals surface area (Å²) in [5, 5.41) is 3.10. The molecule has 0 saturated heterocycles. The summed E-state index contributed by atoms with van der Waals surface area (Å²) < 4.78 is 37.4. The average Bonchev–Trinajstić information content (AvgIpc) is 2.71. The van der Waals surface area contributed by atoms with Gasteiger partial charge in [0.1, 0.15) is 24.1 Å². The number of methoxy groups -OCH3 is 1. The molecule has 9 heteroatoms. The van der Waals surface area contributed by atoms with E-state index in [1.54, 1.807) is 19.1 Å². The highest BCUT2D eigenvalue weighted by molar-refractivity contribution is 7.92. The van der Waals surface area contributed by atoms with E-state index in [0.29, 0.717) is 10.8 Å². The molecule has 0 bridgehead atoms. The first-order valence-corrected chi connectivity index (χ1v) is 12.1. The molecule has 0 aliphatic heterocycles. The van der Waals surface area contributed by atoms with Crippen molar-refractivity contribution in [3.63, 3.8) is 0 Å². The predicted octanol–water partition coefficient (Wildman–Crippen LogP) is 3.71. The first-order chi connectivity index (χ1) is 14.6. The predicted molar refractivity (Wildman–Crippen MR) is 124 cm³/mol. The van der Waals surface area contributed by atoms with E-state index in [-0.39, 0.29) is 25.3 Å². The van der Waals surface area contributed by atoms with Crippen LogP contribution < -0.4 is 19.1 Å². The Morgan fingerprint density at radius 2 is 1.90 bits per heavy atom. The molecule has 2 aromatic rings. The zero-order chi connectivity index (χ0) is 23.2. The number of nitrogens with one attached hydrogen (secondary N) is 1. The summed E-state index contributed by atoms with van der Waals surface area (Å²) in [7, 11) is -2.38. The van der Waals surface area contributed by atoms with E-state index < -0.39 is 22.0 Å². The van der Waals surface area contributed by atoms with Gasteiger partial charge in [0.25, 0.3) is 0 Å². The third kappa shape index (κ3) is 6.27. The summed E-state index contributed by atoms with van der Waals surface area (Å²) >= 11 is 6.09. The number of aryl methyl sites for hydroxylation is 1. The molecule has 2 aromatic carbocycles. The van der Waals surface area contributed by atoms with Gasteiger partial charge in [-0.05, 0) is 55.7 Å². The maximum Gasteiger partial charge on any atom is 0.244 e. The monoisotopic (exact) mass is 468 g/mol. The lowest BCUT2D eigenvalue weighted by atomic mass is 10.1. The van der Waals surface area contributed by atoms with Crippen LogP contribution in [0.25, 0.3) is 0 Å². The number of hydrogen-bond donors (Lipinski definition) is 1. The highest BCUT2D eigenvalue weighted by Gasteiger charge is 2.33. The lowest BCUT2D eigenvalue weighted by molar-refractivity contribution is -0.122. The van der Waals surface area contributed by atoms with Crippen molar-refractivity contribution >= 4 is 33.2 Å². The molecule has 31 heavy (non-hydrogen) atoms. The number of nitrogens with zero attached hydrogens (tertiary/aromatic N) is 1. The fourth-order valence-electron chi connectivity index (χ4n) is 3.20. The molecule has 0 aliphatic carbocycles. The van der Waals surface area contributed by atoms with Crippen LogP contribution in [0.5, 0.6) is 11.5 Å². The number of carbonyl (C=O) groups excluding carboxylic acids is 1. The number of amides is 1. The second-order valence-electron chi connectivity index (χ2n) is 7.14. The maximum atomic E-state index is 12.9. The van der Waals surface area contributed by atoms with Gasteiger partial charge < -0.3 is 14.8 Å². The number of anilines is 1. The van der Waals surface area contributed by atoms with Crippen LogP contribution in [0.15, 0.2) is 36.4 Å². The van der Waals surface area contributed by atoms with Gasteiger partial charge in [0.05, 0.1) is 25.6 Å². The normalized spacial score (nSPS) is 12.2. The van der Waals surface area contributed by atoms with Gasteiger partial charge >= 0.3 is 0 Å². The molecule has 7 nitrogen and oxygen atoms in total. The Kier molecular flexibility index (Phi) is 8.59. The fourth-order valence-corrected chi connectivity index (χ4v) is 4.58. The Hall–Kier alpha value is -2.45. The minimum absolute atomic E-state index is 0.214. The molecule has 0 aliphatic rings. The van der Waals surface area contributed by atoms with Crippen molar-refractivity contribution in [3.8, 4) is 11.5 Å². The SMILES string of the molecule is CCC(C(=O)NCCOc1cccc(C)c1C)N(c1cc(Cl)ccc1OC)S(C)(=O)=O. The van der Waals surface area contributed by atoms with Crippen LogP contribution in [0.1, 0.15) is 24.5 Å². The summed E-state index contributed by atoms with van der Waals surface area (Å²) in [6, 6.07) is 9.44. The minimum Gasteiger partial charge on any atom is -0.495 e. The first kappa shape index (κ1) is 24.8. The Bertz CT molecular complexity index is 1030. The first-order valence-electron chi connectivity index (χ1n) is 9.89. The van der Waals surface area contributed by atoms with Gasteiger partial charge in [-0.25, -0.2) is 8.42 Å². The summed E-state index contributed by atoms with van der Waals surface area (Å²) in [5.74, 6) is 0.626. The molecule has 0 fully saturated rings. The molecule has 1 atom stereocenters. The molecular formula is C22H29ClN2O5S. The van der Waals surface area contributed by atoms with E-state index in [0.717, 1.165) is 27.4 Å². The van der Waals surface area contributed by atoms with E-state index in [4.69, 9.17) is 21.1 Å². The van der Waals surface area contributed by atoms with Crippen molar-refractivity contribution in [1.82, 2.24) is 5.32 Å². The van der Waals surface area contributed by atoms with Gasteiger partial charge in [-0.2, -0.15) is 0 Å². The quantitative estimate of drug-likeness (QED) is 0.537. The third-order valence-electron chi connectivity index (χ3n) is 4.92. The van der Waals surface area contributed by atoms with Gasteiger partial charge in [0.15, 0.2) is 0 Å². The van der Waals surface area contributed by atoms with Crippen molar-refractivity contribution in [2.24, 2.45) is 0 Å². The lowest BCUT2D eigenvalue weighted by Crippen LogP contribution is -2.50. The zero-order valence-corrected chi connectivity index (χ0v) is 20.0. The summed E-state index contributed by atoms with van der Waals surface area (Å²) in [4.78, 5) is 12.9. The van der Waals surface area contributed by atoms with Crippen molar-refractivity contribution in [1.29, 1.82) is 0 Å². The Balaban J connectivity index is 2.16. The van der Waals surface area contributed by atoms with Gasteiger partial charge in [-0.3, -0.25) is 9.10 Å². The average molecular weight is 469 g/mol. The second kappa shape index (κ2) is 10.7. The summed E-state index contributed by atoms with van der Waals surface area (Å²) in [5.41, 5.74) is 2.37. The molecule has 170 valence electrons. The third-order valence-corrected chi connectivity index (χ3v) is 6.32. The van der Waals surface area contributed by atoms with Gasteiger partial charge in [0.2, 0.25) is 15.9 Å². The maximum absolute atomic E-state index is 12.9. The lowest BCUT2D eigenvalue weighted by Gasteiger charge is -2.31. The highest BCUT2D eigenvalue weighted by atomic mass is 35.5. The molecular weight excluding hydrogens is 440 g/mol. The van der Waals surface area contributed by atoms with Crippen molar-refractivity contribution in [3.05, 3.63) is 52.5 Å². The van der Waals surface area contributed by atoms with Crippen LogP contribution in [0.3, 0.4) is 0 Å². The van der Waals surface area contributed by atoms with E-state index in [1.807, 2.05) is 32.0 Å². The fraction of sp³-hybridized carbons (Fsp3) is 0.409. The number of carbonyl (C=O) groups is 1. The molecule has 0 saturated carbocycles. The zero-order valence-electron chi connectivity index (χ0n) is 18.4. The number of hydrogen-bond acceptors (Lipinski definition) is 5. The Labute approximate surface area is 189 Å². The summed E-state index contributed by atoms with van der Waals surface area (Å²) in [6.07, 6.45) is 1.30. The number of rotatable bonds is 10. The Morgan fingerprint density at radius 1 is 1.19 bits per heavy atom. The number of sulfonamides is 1. The molecule has 1 N–H and O–H groups in total. The molecule has 2 rings (SSSR count). The molecule has 0 radical (unpaired) electrons. The van der Waals surface area contributed by atoms with Crippen LogP contribution in [0.2, 0.25) is 5.02 Å². The van der Waals surface area contributed by atoms with E-state index >= 15 is 0 Å². The van der Waals surface area contributed by atoms with Crippen molar-refractivity contribution in [2.45, 2.75) is 33.2 Å². The van der Waals surface area contributed by atoms with E-state index in [2.05, 4.69) is 5.32 Å². The van der Waals surface area contributed by atoms with Gasteiger partial charge in [-0.15, -0.1) is 0 Å². The highest BCUT2D eigenvalue weighted by Crippen LogP contribution is 2.34. The van der Waals surface area contributed by atoms with Crippen LogP contribution in [-0.4, -0.2) is 46.9 Å². The second-order valence-corrected chi connectivity index (χ2v) is 9.43.